The Morgan fingerprint density at radius 2 is 1.49 bits per heavy atom. The van der Waals surface area contributed by atoms with E-state index in [1.54, 1.807) is 54.3 Å². The third kappa shape index (κ3) is 8.42. The fraction of sp³-hybridized carbons (Fsp3) is 0.316. The van der Waals surface area contributed by atoms with Gasteiger partial charge >= 0.3 is 0 Å². The molecule has 1 aliphatic rings. The topological polar surface area (TPSA) is 86.8 Å². The molecule has 4 aromatic rings. The predicted molar refractivity (Wildman–Crippen MR) is 188 cm³/mol. The maximum Gasteiger partial charge on any atom is 0.264 e. The molecule has 47 heavy (non-hydrogen) atoms. The lowest BCUT2D eigenvalue weighted by atomic mass is 10.0. The van der Waals surface area contributed by atoms with Gasteiger partial charge in [0, 0.05) is 24.0 Å². The summed E-state index contributed by atoms with van der Waals surface area (Å²) in [4.78, 5) is 30.5. The summed E-state index contributed by atoms with van der Waals surface area (Å²) in [5.74, 6) is -0.738. The van der Waals surface area contributed by atoms with E-state index >= 15 is 0 Å². The van der Waals surface area contributed by atoms with Crippen LogP contribution in [0.25, 0.3) is 0 Å². The average Bonchev–Trinajstić information content (AvgIpc) is 3.56. The summed E-state index contributed by atoms with van der Waals surface area (Å²) in [5, 5.41) is 3.60. The fourth-order valence-corrected chi connectivity index (χ4v) is 7.79. The smallest absolute Gasteiger partial charge is 0.264 e. The molecular formula is C38H42ClN3O4S. The Morgan fingerprint density at radius 1 is 0.830 bits per heavy atom. The van der Waals surface area contributed by atoms with Crippen LogP contribution in [0, 0.1) is 20.8 Å². The van der Waals surface area contributed by atoms with Crippen molar-refractivity contribution in [2.75, 3.05) is 10.8 Å². The summed E-state index contributed by atoms with van der Waals surface area (Å²) in [6, 6.07) is 28.1. The molecular weight excluding hydrogens is 630 g/mol. The molecule has 0 aromatic heterocycles. The summed E-state index contributed by atoms with van der Waals surface area (Å²) in [5.41, 5.74) is 4.50. The number of carbonyl (C=O) groups is 2. The van der Waals surface area contributed by atoms with Gasteiger partial charge in [0.1, 0.15) is 12.6 Å². The number of sulfonamides is 1. The van der Waals surface area contributed by atoms with Crippen LogP contribution >= 0.6 is 11.6 Å². The molecule has 1 atom stereocenters. The van der Waals surface area contributed by atoms with Gasteiger partial charge in [-0.05, 0) is 74.6 Å². The van der Waals surface area contributed by atoms with E-state index < -0.39 is 28.5 Å². The molecule has 4 aromatic carbocycles. The van der Waals surface area contributed by atoms with Gasteiger partial charge in [-0.15, -0.1) is 0 Å². The molecule has 5 rings (SSSR count). The minimum Gasteiger partial charge on any atom is -0.352 e. The Bertz CT molecular complexity index is 1810. The lowest BCUT2D eigenvalue weighted by Gasteiger charge is -2.34. The SMILES string of the molecule is Cc1ccc(S(=O)(=O)N(CC(=O)N(Cc2cccc(C)c2)C(Cc2ccccc2)C(=O)NC2CCCC2)c2cccc(Cl)c2C)cc1. The molecule has 9 heteroatoms. The molecule has 0 spiro atoms. The van der Waals surface area contributed by atoms with Crippen LogP contribution in [-0.4, -0.2) is 43.8 Å². The van der Waals surface area contributed by atoms with E-state index in [2.05, 4.69) is 5.32 Å². The molecule has 1 N–H and O–H groups in total. The highest BCUT2D eigenvalue weighted by atomic mass is 35.5. The number of nitrogens with one attached hydrogen (secondary N) is 1. The fourth-order valence-electron chi connectivity index (χ4n) is 6.15. The van der Waals surface area contributed by atoms with Crippen molar-refractivity contribution < 1.29 is 18.0 Å². The number of aryl methyl sites for hydroxylation is 2. The quantitative estimate of drug-likeness (QED) is 0.173. The summed E-state index contributed by atoms with van der Waals surface area (Å²) in [6.45, 7) is 5.19. The van der Waals surface area contributed by atoms with E-state index in [4.69, 9.17) is 11.6 Å². The first kappa shape index (κ1) is 34.2. The number of halogens is 1. The van der Waals surface area contributed by atoms with E-state index in [9.17, 15) is 18.0 Å². The number of amides is 2. The Balaban J connectivity index is 1.59. The minimum atomic E-state index is -4.22. The molecule has 0 heterocycles. The molecule has 0 aliphatic heterocycles. The minimum absolute atomic E-state index is 0.0456. The summed E-state index contributed by atoms with van der Waals surface area (Å²) in [7, 11) is -4.22. The highest BCUT2D eigenvalue weighted by Crippen LogP contribution is 2.31. The van der Waals surface area contributed by atoms with Crippen molar-refractivity contribution in [2.24, 2.45) is 0 Å². The summed E-state index contributed by atoms with van der Waals surface area (Å²) in [6.07, 6.45) is 4.16. The highest BCUT2D eigenvalue weighted by Gasteiger charge is 2.36. The Hall–Kier alpha value is -4.14. The lowest BCUT2D eigenvalue weighted by Crippen LogP contribution is -2.54. The number of hydrogen-bond donors (Lipinski definition) is 1. The van der Waals surface area contributed by atoms with Crippen LogP contribution in [0.15, 0.2) is 102 Å². The van der Waals surface area contributed by atoms with E-state index in [1.807, 2.05) is 68.4 Å². The highest BCUT2D eigenvalue weighted by molar-refractivity contribution is 7.92. The van der Waals surface area contributed by atoms with Crippen molar-refractivity contribution in [1.82, 2.24) is 10.2 Å². The molecule has 1 saturated carbocycles. The van der Waals surface area contributed by atoms with E-state index in [-0.39, 0.29) is 29.8 Å². The number of hydrogen-bond acceptors (Lipinski definition) is 4. The molecule has 1 unspecified atom stereocenters. The normalized spacial score (nSPS) is 14.0. The largest absolute Gasteiger partial charge is 0.352 e. The van der Waals surface area contributed by atoms with Crippen molar-refractivity contribution in [3.05, 3.63) is 130 Å². The van der Waals surface area contributed by atoms with Crippen LogP contribution in [0.5, 0.6) is 0 Å². The van der Waals surface area contributed by atoms with Crippen LogP contribution in [0.2, 0.25) is 5.02 Å². The van der Waals surface area contributed by atoms with Crippen LogP contribution < -0.4 is 9.62 Å². The second-order valence-electron chi connectivity index (χ2n) is 12.4. The Labute approximate surface area is 283 Å². The number of nitrogens with zero attached hydrogens (tertiary/aromatic N) is 2. The first-order valence-corrected chi connectivity index (χ1v) is 17.9. The second-order valence-corrected chi connectivity index (χ2v) is 14.7. The number of benzene rings is 4. The van der Waals surface area contributed by atoms with Crippen molar-refractivity contribution in [3.63, 3.8) is 0 Å². The summed E-state index contributed by atoms with van der Waals surface area (Å²) >= 11 is 6.49. The number of carbonyl (C=O) groups excluding carboxylic acids is 2. The van der Waals surface area contributed by atoms with E-state index in [0.717, 1.165) is 52.2 Å². The van der Waals surface area contributed by atoms with Gasteiger partial charge in [0.25, 0.3) is 10.0 Å². The molecule has 7 nitrogen and oxygen atoms in total. The van der Waals surface area contributed by atoms with Crippen molar-refractivity contribution >= 4 is 39.1 Å². The zero-order valence-corrected chi connectivity index (χ0v) is 28.7. The third-order valence-electron chi connectivity index (χ3n) is 8.80. The van der Waals surface area contributed by atoms with Crippen LogP contribution in [0.3, 0.4) is 0 Å². The molecule has 1 fully saturated rings. The van der Waals surface area contributed by atoms with Crippen LogP contribution in [0.1, 0.15) is 53.5 Å². The zero-order chi connectivity index (χ0) is 33.6. The van der Waals surface area contributed by atoms with Gasteiger partial charge in [-0.25, -0.2) is 8.42 Å². The maximum absolute atomic E-state index is 14.7. The lowest BCUT2D eigenvalue weighted by molar-refractivity contribution is -0.140. The van der Waals surface area contributed by atoms with Gasteiger partial charge in [-0.3, -0.25) is 13.9 Å². The molecule has 0 radical (unpaired) electrons. The zero-order valence-electron chi connectivity index (χ0n) is 27.2. The Kier molecular flexibility index (Phi) is 11.0. The van der Waals surface area contributed by atoms with E-state index in [0.29, 0.717) is 16.3 Å². The predicted octanol–water partition coefficient (Wildman–Crippen LogP) is 7.16. The first-order valence-electron chi connectivity index (χ1n) is 16.1. The van der Waals surface area contributed by atoms with Gasteiger partial charge < -0.3 is 10.2 Å². The molecule has 1 aliphatic carbocycles. The molecule has 246 valence electrons. The first-order chi connectivity index (χ1) is 22.5. The molecule has 0 bridgehead atoms. The van der Waals surface area contributed by atoms with Gasteiger partial charge in [0.15, 0.2) is 0 Å². The maximum atomic E-state index is 14.7. The monoisotopic (exact) mass is 671 g/mol. The van der Waals surface area contributed by atoms with Gasteiger partial charge in [0.2, 0.25) is 11.8 Å². The van der Waals surface area contributed by atoms with Crippen LogP contribution in [0.4, 0.5) is 5.69 Å². The number of anilines is 1. The second kappa shape index (κ2) is 15.2. The third-order valence-corrected chi connectivity index (χ3v) is 11.0. The standard InChI is InChI=1S/C38H42ClN3O4S/c1-27-19-21-33(22-20-27)47(45,46)42(35-18-10-17-34(39)29(35)3)26-37(43)41(25-31-14-9-11-28(2)23-31)36(24-30-12-5-4-6-13-30)38(44)40-32-15-7-8-16-32/h4-6,9-14,17-23,32,36H,7-8,15-16,24-26H2,1-3H3,(H,40,44). The van der Waals surface area contributed by atoms with Crippen LogP contribution in [-0.2, 0) is 32.6 Å². The van der Waals surface area contributed by atoms with Crippen molar-refractivity contribution in [2.45, 2.75) is 76.4 Å². The van der Waals surface area contributed by atoms with Gasteiger partial charge in [-0.2, -0.15) is 0 Å². The van der Waals surface area contributed by atoms with Gasteiger partial charge in [-0.1, -0.05) is 108 Å². The summed E-state index contributed by atoms with van der Waals surface area (Å²) < 4.78 is 29.8. The average molecular weight is 672 g/mol. The molecule has 0 saturated heterocycles. The van der Waals surface area contributed by atoms with E-state index in [1.165, 1.54) is 0 Å². The van der Waals surface area contributed by atoms with Gasteiger partial charge in [0.05, 0.1) is 10.6 Å². The Morgan fingerprint density at radius 3 is 2.17 bits per heavy atom. The van der Waals surface area contributed by atoms with Crippen molar-refractivity contribution in [1.29, 1.82) is 0 Å². The molecule has 2 amide bonds. The number of rotatable bonds is 12. The van der Waals surface area contributed by atoms with Crippen molar-refractivity contribution in [3.8, 4) is 0 Å².